The van der Waals surface area contributed by atoms with Crippen LogP contribution in [0.15, 0.2) is 6.20 Å². The minimum absolute atomic E-state index is 0.265. The predicted molar refractivity (Wildman–Crippen MR) is 71.8 cm³/mol. The van der Waals surface area contributed by atoms with Crippen LogP contribution in [0.25, 0.3) is 0 Å². The first-order valence-electron chi connectivity index (χ1n) is 6.60. The summed E-state index contributed by atoms with van der Waals surface area (Å²) in [5.74, 6) is 1.88. The highest BCUT2D eigenvalue weighted by Gasteiger charge is 2.20. The van der Waals surface area contributed by atoms with Gasteiger partial charge in [0, 0.05) is 31.4 Å². The summed E-state index contributed by atoms with van der Waals surface area (Å²) in [5.41, 5.74) is 1.16. The summed E-state index contributed by atoms with van der Waals surface area (Å²) in [5, 5.41) is 3.34. The Morgan fingerprint density at radius 2 is 2.39 bits per heavy atom. The molecule has 0 spiro atoms. The van der Waals surface area contributed by atoms with E-state index in [0.29, 0.717) is 0 Å². The van der Waals surface area contributed by atoms with Crippen molar-refractivity contribution in [2.45, 2.75) is 33.4 Å². The van der Waals surface area contributed by atoms with E-state index >= 15 is 0 Å². The number of ether oxygens (including phenoxy) is 1. The molecule has 1 aliphatic heterocycles. The number of hydrogen-bond acceptors (Lipinski definition) is 5. The lowest BCUT2D eigenvalue weighted by molar-refractivity contribution is 0.0528. The van der Waals surface area contributed by atoms with Crippen LogP contribution in [-0.4, -0.2) is 42.3 Å². The van der Waals surface area contributed by atoms with E-state index in [0.717, 1.165) is 50.0 Å². The second-order valence-corrected chi connectivity index (χ2v) is 4.67. The van der Waals surface area contributed by atoms with E-state index in [1.54, 1.807) is 0 Å². The van der Waals surface area contributed by atoms with Crippen molar-refractivity contribution in [2.75, 3.05) is 31.1 Å². The van der Waals surface area contributed by atoms with Crippen molar-refractivity contribution >= 4 is 5.82 Å². The molecule has 5 nitrogen and oxygen atoms in total. The summed E-state index contributed by atoms with van der Waals surface area (Å²) < 4.78 is 5.58. The van der Waals surface area contributed by atoms with Gasteiger partial charge in [-0.15, -0.1) is 0 Å². The fraction of sp³-hybridized carbons (Fsp3) is 0.692. The van der Waals surface area contributed by atoms with Gasteiger partial charge in [-0.1, -0.05) is 6.92 Å². The standard InChI is InChI=1S/C13H22N4O/c1-4-14-7-12-8-15-11(3)16-13(12)17-5-6-18-10(2)9-17/h8,10,14H,4-7,9H2,1-3H3. The zero-order valence-electron chi connectivity index (χ0n) is 11.4. The average molecular weight is 250 g/mol. The lowest BCUT2D eigenvalue weighted by Crippen LogP contribution is -2.42. The lowest BCUT2D eigenvalue weighted by atomic mass is 10.2. The van der Waals surface area contributed by atoms with Crippen molar-refractivity contribution in [2.24, 2.45) is 0 Å². The molecule has 0 saturated carbocycles. The molecule has 0 bridgehead atoms. The molecule has 1 N–H and O–H groups in total. The highest BCUT2D eigenvalue weighted by atomic mass is 16.5. The first kappa shape index (κ1) is 13.2. The maximum absolute atomic E-state index is 5.58. The summed E-state index contributed by atoms with van der Waals surface area (Å²) >= 11 is 0. The van der Waals surface area contributed by atoms with Gasteiger partial charge < -0.3 is 15.0 Å². The van der Waals surface area contributed by atoms with Crippen molar-refractivity contribution in [3.05, 3.63) is 17.6 Å². The van der Waals surface area contributed by atoms with E-state index in [1.807, 2.05) is 13.1 Å². The van der Waals surface area contributed by atoms with Crippen LogP contribution >= 0.6 is 0 Å². The Labute approximate surface area is 109 Å². The number of anilines is 1. The van der Waals surface area contributed by atoms with Crippen LogP contribution < -0.4 is 10.2 Å². The van der Waals surface area contributed by atoms with E-state index < -0.39 is 0 Å². The topological polar surface area (TPSA) is 50.3 Å². The highest BCUT2D eigenvalue weighted by Crippen LogP contribution is 2.20. The summed E-state index contributed by atoms with van der Waals surface area (Å²) in [7, 11) is 0. The molecule has 100 valence electrons. The Kier molecular flexibility index (Phi) is 4.49. The van der Waals surface area contributed by atoms with Gasteiger partial charge in [0.1, 0.15) is 11.6 Å². The maximum atomic E-state index is 5.58. The van der Waals surface area contributed by atoms with Crippen molar-refractivity contribution in [1.82, 2.24) is 15.3 Å². The van der Waals surface area contributed by atoms with Crippen LogP contribution in [0.1, 0.15) is 25.2 Å². The van der Waals surface area contributed by atoms with Gasteiger partial charge >= 0.3 is 0 Å². The van der Waals surface area contributed by atoms with Crippen LogP contribution in [-0.2, 0) is 11.3 Å². The van der Waals surface area contributed by atoms with Gasteiger partial charge in [0.2, 0.25) is 0 Å². The highest BCUT2D eigenvalue weighted by molar-refractivity contribution is 5.46. The molecule has 0 radical (unpaired) electrons. The van der Waals surface area contributed by atoms with Gasteiger partial charge in [-0.05, 0) is 20.4 Å². The third-order valence-electron chi connectivity index (χ3n) is 3.07. The van der Waals surface area contributed by atoms with Gasteiger partial charge in [0.25, 0.3) is 0 Å². The van der Waals surface area contributed by atoms with E-state index in [-0.39, 0.29) is 6.10 Å². The van der Waals surface area contributed by atoms with E-state index in [4.69, 9.17) is 4.74 Å². The van der Waals surface area contributed by atoms with Crippen LogP contribution in [0.2, 0.25) is 0 Å². The van der Waals surface area contributed by atoms with Crippen LogP contribution in [0, 0.1) is 6.92 Å². The van der Waals surface area contributed by atoms with Crippen molar-refractivity contribution in [1.29, 1.82) is 0 Å². The molecule has 1 unspecified atom stereocenters. The molecular formula is C13H22N4O. The Balaban J connectivity index is 2.20. The molecule has 2 rings (SSSR count). The van der Waals surface area contributed by atoms with Crippen LogP contribution in [0.4, 0.5) is 5.82 Å². The quantitative estimate of drug-likeness (QED) is 0.868. The van der Waals surface area contributed by atoms with Gasteiger partial charge in [0.15, 0.2) is 0 Å². The lowest BCUT2D eigenvalue weighted by Gasteiger charge is -2.33. The van der Waals surface area contributed by atoms with Crippen molar-refractivity contribution in [3.8, 4) is 0 Å². The zero-order chi connectivity index (χ0) is 13.0. The van der Waals surface area contributed by atoms with Crippen LogP contribution in [0.3, 0.4) is 0 Å². The summed E-state index contributed by atoms with van der Waals surface area (Å²) in [6.07, 6.45) is 2.20. The molecule has 0 aromatic carbocycles. The smallest absolute Gasteiger partial charge is 0.136 e. The van der Waals surface area contributed by atoms with Crippen molar-refractivity contribution in [3.63, 3.8) is 0 Å². The Morgan fingerprint density at radius 3 is 3.11 bits per heavy atom. The number of morpholine rings is 1. The zero-order valence-corrected chi connectivity index (χ0v) is 11.4. The average Bonchev–Trinajstić information content (AvgIpc) is 2.37. The SMILES string of the molecule is CCNCc1cnc(C)nc1N1CCOC(C)C1. The molecule has 18 heavy (non-hydrogen) atoms. The molecule has 5 heteroatoms. The number of nitrogens with zero attached hydrogens (tertiary/aromatic N) is 3. The third-order valence-corrected chi connectivity index (χ3v) is 3.07. The van der Waals surface area contributed by atoms with Gasteiger partial charge in [0.05, 0.1) is 12.7 Å². The number of aryl methyl sites for hydroxylation is 1. The second kappa shape index (κ2) is 6.11. The largest absolute Gasteiger partial charge is 0.375 e. The maximum Gasteiger partial charge on any atom is 0.136 e. The molecule has 0 amide bonds. The molecule has 1 aromatic rings. The monoisotopic (exact) mass is 250 g/mol. The normalized spacial score (nSPS) is 20.2. The molecule has 1 aliphatic rings. The number of nitrogens with one attached hydrogen (secondary N) is 1. The Hall–Kier alpha value is -1.20. The van der Waals surface area contributed by atoms with Gasteiger partial charge in [-0.2, -0.15) is 0 Å². The first-order chi connectivity index (χ1) is 8.70. The molecule has 1 aromatic heterocycles. The van der Waals surface area contributed by atoms with Gasteiger partial charge in [-0.25, -0.2) is 9.97 Å². The fourth-order valence-electron chi connectivity index (χ4n) is 2.15. The third kappa shape index (κ3) is 3.17. The van der Waals surface area contributed by atoms with E-state index in [2.05, 4.69) is 34.0 Å². The molecule has 1 saturated heterocycles. The first-order valence-corrected chi connectivity index (χ1v) is 6.60. The Bertz CT molecular complexity index is 397. The number of hydrogen-bond donors (Lipinski definition) is 1. The summed E-state index contributed by atoms with van der Waals surface area (Å²) in [6, 6.07) is 0. The fourth-order valence-corrected chi connectivity index (χ4v) is 2.15. The molecular weight excluding hydrogens is 228 g/mol. The van der Waals surface area contributed by atoms with Crippen molar-refractivity contribution < 1.29 is 4.74 Å². The summed E-state index contributed by atoms with van der Waals surface area (Å²) in [6.45, 7) is 10.5. The van der Waals surface area contributed by atoms with E-state index in [1.165, 1.54) is 0 Å². The second-order valence-electron chi connectivity index (χ2n) is 4.67. The van der Waals surface area contributed by atoms with E-state index in [9.17, 15) is 0 Å². The minimum atomic E-state index is 0.265. The van der Waals surface area contributed by atoms with Crippen LogP contribution in [0.5, 0.6) is 0 Å². The molecule has 2 heterocycles. The molecule has 1 fully saturated rings. The summed E-state index contributed by atoms with van der Waals surface area (Å²) in [4.78, 5) is 11.2. The minimum Gasteiger partial charge on any atom is -0.375 e. The predicted octanol–water partition coefficient (Wildman–Crippen LogP) is 1.12. The van der Waals surface area contributed by atoms with Gasteiger partial charge in [-0.3, -0.25) is 0 Å². The number of rotatable bonds is 4. The molecule has 1 atom stereocenters. The molecule has 0 aliphatic carbocycles. The number of aromatic nitrogens is 2. The Morgan fingerprint density at radius 1 is 1.56 bits per heavy atom.